The first kappa shape index (κ1) is 18.6. The number of aromatic carboxylic acids is 1. The van der Waals surface area contributed by atoms with Crippen LogP contribution < -0.4 is 5.11 Å². The van der Waals surface area contributed by atoms with Crippen LogP contribution in [0.2, 0.25) is 0 Å². The van der Waals surface area contributed by atoms with Gasteiger partial charge in [-0.2, -0.15) is 0 Å². The maximum Gasteiger partial charge on any atom is 0.0715 e. The van der Waals surface area contributed by atoms with E-state index in [1.807, 2.05) is 12.1 Å². The Morgan fingerprint density at radius 1 is 0.769 bits per heavy atom. The molecule has 0 bridgehead atoms. The molecule has 1 heterocycles. The van der Waals surface area contributed by atoms with Gasteiger partial charge in [0.2, 0.25) is 0 Å². The maximum atomic E-state index is 10.8. The van der Waals surface area contributed by atoms with Crippen LogP contribution in [0.5, 0.6) is 0 Å². The fourth-order valence-electron chi connectivity index (χ4n) is 3.48. The Bertz CT molecular complexity index is 677. The number of carbonyl (C=O) groups excluding carboxylic acids is 1. The summed E-state index contributed by atoms with van der Waals surface area (Å²) in [6.45, 7) is 6.71. The number of piperazine rings is 1. The predicted molar refractivity (Wildman–Crippen MR) is 102 cm³/mol. The van der Waals surface area contributed by atoms with Crippen molar-refractivity contribution in [2.45, 2.75) is 19.3 Å². The molecule has 138 valence electrons. The Hall–Kier alpha value is -2.17. The van der Waals surface area contributed by atoms with Gasteiger partial charge in [-0.1, -0.05) is 54.6 Å². The van der Waals surface area contributed by atoms with Gasteiger partial charge in [0.25, 0.3) is 0 Å². The molecule has 0 amide bonds. The topological polar surface area (TPSA) is 46.6 Å². The van der Waals surface area contributed by atoms with E-state index in [9.17, 15) is 9.90 Å². The number of hydrogen-bond donors (Lipinski definition) is 0. The molecule has 3 rings (SSSR count). The predicted octanol–water partition coefficient (Wildman–Crippen LogP) is 1.84. The van der Waals surface area contributed by atoms with Gasteiger partial charge in [0.05, 0.1) is 5.97 Å². The highest BCUT2D eigenvalue weighted by Gasteiger charge is 2.16. The number of benzene rings is 2. The van der Waals surface area contributed by atoms with Crippen LogP contribution in [0.4, 0.5) is 0 Å². The van der Waals surface area contributed by atoms with Crippen LogP contribution in [0.3, 0.4) is 0 Å². The third-order valence-electron chi connectivity index (χ3n) is 5.15. The van der Waals surface area contributed by atoms with Crippen molar-refractivity contribution in [3.8, 4) is 0 Å². The lowest BCUT2D eigenvalue weighted by Crippen LogP contribution is -2.47. The Morgan fingerprint density at radius 3 is 1.96 bits per heavy atom. The number of aryl methyl sites for hydroxylation is 1. The number of nitrogens with zero attached hydrogens (tertiary/aromatic N) is 2. The summed E-state index contributed by atoms with van der Waals surface area (Å²) in [4.78, 5) is 15.8. The molecule has 0 radical (unpaired) electrons. The molecule has 0 spiro atoms. The Kier molecular flexibility index (Phi) is 6.81. The van der Waals surface area contributed by atoms with E-state index >= 15 is 0 Å². The zero-order chi connectivity index (χ0) is 18.2. The summed E-state index contributed by atoms with van der Waals surface area (Å²) in [6, 6.07) is 17.8. The lowest BCUT2D eigenvalue weighted by molar-refractivity contribution is -0.255. The minimum Gasteiger partial charge on any atom is -0.545 e. The van der Waals surface area contributed by atoms with Crippen LogP contribution >= 0.6 is 0 Å². The molecule has 0 N–H and O–H groups in total. The van der Waals surface area contributed by atoms with Gasteiger partial charge in [0.15, 0.2) is 0 Å². The molecule has 1 aliphatic rings. The van der Waals surface area contributed by atoms with Crippen molar-refractivity contribution in [2.75, 3.05) is 39.3 Å². The molecule has 0 aliphatic carbocycles. The normalized spacial score (nSPS) is 15.8. The average Bonchev–Trinajstić information content (AvgIpc) is 2.68. The van der Waals surface area contributed by atoms with Crippen LogP contribution in [0.25, 0.3) is 0 Å². The number of carboxylic acid groups (broad SMARTS) is 1. The average molecular weight is 351 g/mol. The highest BCUT2D eigenvalue weighted by atomic mass is 16.4. The fraction of sp³-hybridized carbons (Fsp3) is 0.409. The van der Waals surface area contributed by atoms with E-state index in [1.54, 1.807) is 12.1 Å². The molecule has 4 nitrogen and oxygen atoms in total. The van der Waals surface area contributed by atoms with Crippen molar-refractivity contribution < 1.29 is 9.90 Å². The first-order valence-corrected chi connectivity index (χ1v) is 9.49. The van der Waals surface area contributed by atoms with E-state index in [0.29, 0.717) is 0 Å². The summed E-state index contributed by atoms with van der Waals surface area (Å²) >= 11 is 0. The molecular formula is C22H27N2O2-. The van der Waals surface area contributed by atoms with Gasteiger partial charge in [-0.3, -0.25) is 0 Å². The summed E-state index contributed by atoms with van der Waals surface area (Å²) in [5.41, 5.74) is 2.86. The monoisotopic (exact) mass is 351 g/mol. The van der Waals surface area contributed by atoms with Gasteiger partial charge >= 0.3 is 0 Å². The molecule has 2 aromatic carbocycles. The van der Waals surface area contributed by atoms with Crippen LogP contribution in [0, 0.1) is 0 Å². The Balaban J connectivity index is 1.32. The van der Waals surface area contributed by atoms with E-state index in [-0.39, 0.29) is 5.56 Å². The highest BCUT2D eigenvalue weighted by Crippen LogP contribution is 2.09. The summed E-state index contributed by atoms with van der Waals surface area (Å²) in [5.74, 6) is -1.11. The first-order valence-electron chi connectivity index (χ1n) is 9.49. The molecule has 4 heteroatoms. The minimum atomic E-state index is -1.11. The third-order valence-corrected chi connectivity index (χ3v) is 5.15. The fourth-order valence-corrected chi connectivity index (χ4v) is 3.48. The smallest absolute Gasteiger partial charge is 0.0715 e. The standard InChI is InChI=1S/C22H28N2O2/c25-22(26)21-10-8-20(9-11-21)12-14-24-17-15-23(16-18-24)13-4-7-19-5-2-1-3-6-19/h1-3,5-6,8-11H,4,7,12-18H2,(H,25,26)/p-1. The number of hydrogen-bond acceptors (Lipinski definition) is 4. The molecule has 2 aromatic rings. The van der Waals surface area contributed by atoms with Gasteiger partial charge in [0.1, 0.15) is 0 Å². The minimum absolute atomic E-state index is 0.248. The van der Waals surface area contributed by atoms with Crippen molar-refractivity contribution in [2.24, 2.45) is 0 Å². The van der Waals surface area contributed by atoms with E-state index < -0.39 is 5.97 Å². The summed E-state index contributed by atoms with van der Waals surface area (Å²) in [5, 5.41) is 10.8. The second-order valence-electron chi connectivity index (χ2n) is 7.01. The largest absolute Gasteiger partial charge is 0.545 e. The Labute approximate surface area is 156 Å². The van der Waals surface area contributed by atoms with Gasteiger partial charge in [0, 0.05) is 32.7 Å². The van der Waals surface area contributed by atoms with Crippen molar-refractivity contribution in [1.29, 1.82) is 0 Å². The molecule has 1 aliphatic heterocycles. The summed E-state index contributed by atoms with van der Waals surface area (Å²) in [7, 11) is 0. The molecule has 1 saturated heterocycles. The van der Waals surface area contributed by atoms with Crippen molar-refractivity contribution >= 4 is 5.97 Å². The zero-order valence-corrected chi connectivity index (χ0v) is 15.3. The quantitative estimate of drug-likeness (QED) is 0.728. The van der Waals surface area contributed by atoms with Gasteiger partial charge < -0.3 is 19.7 Å². The number of rotatable bonds is 8. The van der Waals surface area contributed by atoms with Crippen LogP contribution in [-0.2, 0) is 12.8 Å². The zero-order valence-electron chi connectivity index (χ0n) is 15.3. The summed E-state index contributed by atoms with van der Waals surface area (Å²) < 4.78 is 0. The van der Waals surface area contributed by atoms with Crippen molar-refractivity contribution in [3.63, 3.8) is 0 Å². The van der Waals surface area contributed by atoms with E-state index in [1.165, 1.54) is 24.1 Å². The summed E-state index contributed by atoms with van der Waals surface area (Å²) in [6.07, 6.45) is 3.33. The van der Waals surface area contributed by atoms with Crippen LogP contribution in [-0.4, -0.2) is 55.0 Å². The molecule has 26 heavy (non-hydrogen) atoms. The maximum absolute atomic E-state index is 10.8. The lowest BCUT2D eigenvalue weighted by Gasteiger charge is -2.34. The van der Waals surface area contributed by atoms with Gasteiger partial charge in [-0.05, 0) is 42.5 Å². The number of carbonyl (C=O) groups is 1. The second kappa shape index (κ2) is 9.51. The molecule has 0 aromatic heterocycles. The molecule has 0 saturated carbocycles. The van der Waals surface area contributed by atoms with E-state index in [2.05, 4.69) is 40.1 Å². The van der Waals surface area contributed by atoms with Crippen molar-refractivity contribution in [3.05, 3.63) is 71.3 Å². The van der Waals surface area contributed by atoms with Crippen LogP contribution in [0.15, 0.2) is 54.6 Å². The second-order valence-corrected chi connectivity index (χ2v) is 7.01. The molecule has 0 atom stereocenters. The lowest BCUT2D eigenvalue weighted by atomic mass is 10.1. The first-order chi connectivity index (χ1) is 12.7. The SMILES string of the molecule is O=C([O-])c1ccc(CCN2CCN(CCCc3ccccc3)CC2)cc1. The van der Waals surface area contributed by atoms with Gasteiger partial charge in [-0.25, -0.2) is 0 Å². The van der Waals surface area contributed by atoms with E-state index in [4.69, 9.17) is 0 Å². The van der Waals surface area contributed by atoms with Gasteiger partial charge in [-0.15, -0.1) is 0 Å². The number of carboxylic acids is 1. The van der Waals surface area contributed by atoms with Crippen molar-refractivity contribution in [1.82, 2.24) is 9.80 Å². The molecule has 1 fully saturated rings. The van der Waals surface area contributed by atoms with Crippen LogP contribution in [0.1, 0.15) is 27.9 Å². The molecule has 0 unspecified atom stereocenters. The van der Waals surface area contributed by atoms with E-state index in [0.717, 1.165) is 45.6 Å². The Morgan fingerprint density at radius 2 is 1.35 bits per heavy atom. The molecular weight excluding hydrogens is 324 g/mol. The highest BCUT2D eigenvalue weighted by molar-refractivity contribution is 5.85. The third kappa shape index (κ3) is 5.68.